The molecule has 100 valence electrons. The Morgan fingerprint density at radius 1 is 0.700 bits per heavy atom. The van der Waals surface area contributed by atoms with Crippen molar-refractivity contribution in [2.75, 3.05) is 0 Å². The van der Waals surface area contributed by atoms with E-state index in [0.29, 0.717) is 11.1 Å². The van der Waals surface area contributed by atoms with Crippen LogP contribution in [0, 0.1) is 0 Å². The highest BCUT2D eigenvalue weighted by atomic mass is 16.2. The molecule has 0 aromatic heterocycles. The molecular formula is C17H15NO2. The van der Waals surface area contributed by atoms with Crippen LogP contribution >= 0.6 is 0 Å². The maximum atomic E-state index is 10.9. The lowest BCUT2D eigenvalue weighted by Gasteiger charge is -1.93. The highest BCUT2D eigenvalue weighted by Crippen LogP contribution is 2.20. The fourth-order valence-electron chi connectivity index (χ4n) is 2.63. The molecule has 0 unspecified atom stereocenters. The minimum absolute atomic E-state index is 0.300. The number of amides is 2. The van der Waals surface area contributed by atoms with Gasteiger partial charge in [0.15, 0.2) is 0 Å². The molecular weight excluding hydrogens is 250 g/mol. The van der Waals surface area contributed by atoms with E-state index >= 15 is 0 Å². The summed E-state index contributed by atoms with van der Waals surface area (Å²) in [6.07, 6.45) is 3.96. The largest absolute Gasteiger partial charge is 0.288 e. The van der Waals surface area contributed by atoms with Crippen LogP contribution in [-0.2, 0) is 12.8 Å². The lowest BCUT2D eigenvalue weighted by atomic mass is 10.1. The van der Waals surface area contributed by atoms with Crippen molar-refractivity contribution in [1.29, 1.82) is 0 Å². The van der Waals surface area contributed by atoms with Crippen LogP contribution in [-0.4, -0.2) is 11.8 Å². The molecule has 1 N–H and O–H groups in total. The van der Waals surface area contributed by atoms with E-state index in [1.54, 1.807) is 35.4 Å². The van der Waals surface area contributed by atoms with E-state index < -0.39 is 0 Å². The lowest BCUT2D eigenvalue weighted by molar-refractivity contribution is 0.0879. The fourth-order valence-corrected chi connectivity index (χ4v) is 2.63. The number of fused-ring (bicyclic) bond motifs is 2. The van der Waals surface area contributed by atoms with Crippen LogP contribution in [0.5, 0.6) is 0 Å². The molecule has 0 fully saturated rings. The van der Waals surface area contributed by atoms with E-state index in [0.717, 1.165) is 0 Å². The molecule has 0 saturated heterocycles. The molecule has 0 saturated carbocycles. The third-order valence-electron chi connectivity index (χ3n) is 3.65. The third-order valence-corrected chi connectivity index (χ3v) is 3.65. The van der Waals surface area contributed by atoms with Gasteiger partial charge in [-0.2, -0.15) is 0 Å². The van der Waals surface area contributed by atoms with Crippen molar-refractivity contribution in [3.8, 4) is 0 Å². The highest BCUT2D eigenvalue weighted by Gasteiger charge is 2.25. The molecule has 1 heterocycles. The van der Waals surface area contributed by atoms with E-state index in [1.165, 1.54) is 19.3 Å². The topological polar surface area (TPSA) is 46.2 Å². The van der Waals surface area contributed by atoms with Gasteiger partial charge in [-0.15, -0.1) is 0 Å². The third kappa shape index (κ3) is 2.35. The normalized spacial score (nSPS) is 15.0. The Morgan fingerprint density at radius 2 is 1.15 bits per heavy atom. The Morgan fingerprint density at radius 3 is 1.65 bits per heavy atom. The zero-order chi connectivity index (χ0) is 13.9. The van der Waals surface area contributed by atoms with Gasteiger partial charge in [0, 0.05) is 0 Å². The van der Waals surface area contributed by atoms with Gasteiger partial charge in [-0.25, -0.2) is 0 Å². The van der Waals surface area contributed by atoms with Crippen molar-refractivity contribution >= 4 is 11.8 Å². The standard InChI is InChI=1S/C9H10.C8H5NO2/c1-2-5-9-7-3-6-8(9)4-1;10-7-5-3-1-2-4-6(5)8(11)9-7/h1-2,4-5H,3,6-7H2;1-4H,(H,9,10,11). The summed E-state index contributed by atoms with van der Waals surface area (Å²) in [5, 5.41) is 2.20. The summed E-state index contributed by atoms with van der Waals surface area (Å²) in [4.78, 5) is 21.9. The first-order valence-corrected chi connectivity index (χ1v) is 6.77. The van der Waals surface area contributed by atoms with Gasteiger partial charge in [-0.1, -0.05) is 36.4 Å². The van der Waals surface area contributed by atoms with Gasteiger partial charge in [0.1, 0.15) is 0 Å². The predicted molar refractivity (Wildman–Crippen MR) is 76.7 cm³/mol. The molecule has 4 rings (SSSR count). The van der Waals surface area contributed by atoms with Gasteiger partial charge < -0.3 is 0 Å². The summed E-state index contributed by atoms with van der Waals surface area (Å²) in [6.45, 7) is 0. The Bertz CT molecular complexity index is 620. The van der Waals surface area contributed by atoms with E-state index in [9.17, 15) is 9.59 Å². The maximum Gasteiger partial charge on any atom is 0.258 e. The molecule has 2 aromatic rings. The monoisotopic (exact) mass is 265 g/mol. The van der Waals surface area contributed by atoms with Crippen LogP contribution in [0.3, 0.4) is 0 Å². The van der Waals surface area contributed by atoms with Crippen molar-refractivity contribution in [1.82, 2.24) is 5.32 Å². The summed E-state index contributed by atoms with van der Waals surface area (Å²) in [6, 6.07) is 15.5. The first kappa shape index (κ1) is 12.6. The smallest absolute Gasteiger partial charge is 0.258 e. The average molecular weight is 265 g/mol. The van der Waals surface area contributed by atoms with Gasteiger partial charge >= 0.3 is 0 Å². The number of hydrogen-bond donors (Lipinski definition) is 1. The molecule has 20 heavy (non-hydrogen) atoms. The van der Waals surface area contributed by atoms with E-state index in [1.807, 2.05) is 0 Å². The van der Waals surface area contributed by atoms with Gasteiger partial charge in [0.05, 0.1) is 11.1 Å². The Hall–Kier alpha value is -2.42. The summed E-state index contributed by atoms with van der Waals surface area (Å²) < 4.78 is 0. The molecule has 0 spiro atoms. The van der Waals surface area contributed by atoms with Gasteiger partial charge in [-0.3, -0.25) is 14.9 Å². The Kier molecular flexibility index (Phi) is 3.33. The lowest BCUT2D eigenvalue weighted by Crippen LogP contribution is -2.19. The number of nitrogens with one attached hydrogen (secondary N) is 1. The second-order valence-corrected chi connectivity index (χ2v) is 4.95. The van der Waals surface area contributed by atoms with Crippen LogP contribution in [0.15, 0.2) is 48.5 Å². The van der Waals surface area contributed by atoms with Crippen molar-refractivity contribution in [3.05, 3.63) is 70.8 Å². The van der Waals surface area contributed by atoms with Gasteiger partial charge in [0.2, 0.25) is 0 Å². The second kappa shape index (κ2) is 5.29. The Balaban J connectivity index is 0.000000123. The molecule has 1 aliphatic carbocycles. The number of carbonyl (C=O) groups excluding carboxylic acids is 2. The molecule has 3 heteroatoms. The van der Waals surface area contributed by atoms with Crippen molar-refractivity contribution in [3.63, 3.8) is 0 Å². The number of imide groups is 1. The van der Waals surface area contributed by atoms with Crippen molar-refractivity contribution in [2.45, 2.75) is 19.3 Å². The quantitative estimate of drug-likeness (QED) is 0.744. The van der Waals surface area contributed by atoms with E-state index in [4.69, 9.17) is 0 Å². The number of rotatable bonds is 0. The van der Waals surface area contributed by atoms with Crippen LogP contribution in [0.2, 0.25) is 0 Å². The maximum absolute atomic E-state index is 10.9. The number of carbonyl (C=O) groups is 2. The molecule has 0 bridgehead atoms. The number of hydrogen-bond acceptors (Lipinski definition) is 2. The first-order valence-electron chi connectivity index (χ1n) is 6.77. The molecule has 0 radical (unpaired) electrons. The first-order chi connectivity index (χ1) is 9.75. The highest BCUT2D eigenvalue weighted by molar-refractivity contribution is 6.21. The van der Waals surface area contributed by atoms with Gasteiger partial charge in [-0.05, 0) is 42.5 Å². The van der Waals surface area contributed by atoms with Crippen LogP contribution in [0.25, 0.3) is 0 Å². The predicted octanol–water partition coefficient (Wildman–Crippen LogP) is 2.75. The van der Waals surface area contributed by atoms with Gasteiger partial charge in [0.25, 0.3) is 11.8 Å². The van der Waals surface area contributed by atoms with Crippen molar-refractivity contribution in [2.24, 2.45) is 0 Å². The molecule has 2 aromatic carbocycles. The summed E-state index contributed by atoms with van der Waals surface area (Å²) in [5.41, 5.74) is 4.07. The van der Waals surface area contributed by atoms with Crippen molar-refractivity contribution < 1.29 is 9.59 Å². The van der Waals surface area contributed by atoms with E-state index in [2.05, 4.69) is 29.6 Å². The minimum atomic E-state index is -0.300. The molecule has 1 aliphatic heterocycles. The van der Waals surface area contributed by atoms with Crippen LogP contribution in [0.4, 0.5) is 0 Å². The molecule has 3 nitrogen and oxygen atoms in total. The SMILES string of the molecule is O=C1NC(=O)c2ccccc21.c1ccc2c(c1)CCC2. The molecule has 0 atom stereocenters. The Labute approximate surface area is 117 Å². The van der Waals surface area contributed by atoms with Crippen LogP contribution < -0.4 is 5.32 Å². The van der Waals surface area contributed by atoms with Crippen LogP contribution in [0.1, 0.15) is 38.3 Å². The second-order valence-electron chi connectivity index (χ2n) is 4.95. The summed E-state index contributed by atoms with van der Waals surface area (Å²) in [7, 11) is 0. The number of benzene rings is 2. The average Bonchev–Trinajstić information content (AvgIpc) is 3.06. The fraction of sp³-hybridized carbons (Fsp3) is 0.176. The zero-order valence-electron chi connectivity index (χ0n) is 11.1. The summed E-state index contributed by atoms with van der Waals surface area (Å²) in [5.74, 6) is -0.601. The zero-order valence-corrected chi connectivity index (χ0v) is 11.1. The van der Waals surface area contributed by atoms with E-state index in [-0.39, 0.29) is 11.8 Å². The molecule has 2 aliphatic rings. The summed E-state index contributed by atoms with van der Waals surface area (Å²) >= 11 is 0. The molecule has 2 amide bonds. The minimum Gasteiger partial charge on any atom is -0.288 e. The number of aryl methyl sites for hydroxylation is 2.